The molecule has 4 aromatic rings. The van der Waals surface area contributed by atoms with Crippen LogP contribution in [-0.2, 0) is 0 Å². The first-order valence-corrected chi connectivity index (χ1v) is 9.99. The molecule has 0 radical (unpaired) electrons. The van der Waals surface area contributed by atoms with Crippen molar-refractivity contribution in [2.45, 2.75) is 19.4 Å². The molecular formula is C24H22N4O3. The third-order valence-electron chi connectivity index (χ3n) is 5.30. The number of para-hydroxylation sites is 3. The lowest BCUT2D eigenvalue weighted by molar-refractivity contribution is 0.102. The van der Waals surface area contributed by atoms with Crippen LogP contribution in [0.15, 0.2) is 82.4 Å². The van der Waals surface area contributed by atoms with Gasteiger partial charge in [-0.05, 0) is 48.4 Å². The number of aromatic nitrogens is 2. The van der Waals surface area contributed by atoms with Crippen LogP contribution in [0, 0.1) is 0 Å². The maximum atomic E-state index is 13.0. The van der Waals surface area contributed by atoms with Crippen molar-refractivity contribution >= 4 is 28.2 Å². The Morgan fingerprint density at radius 2 is 1.68 bits per heavy atom. The number of H-pyrrole nitrogens is 1. The molecule has 31 heavy (non-hydrogen) atoms. The van der Waals surface area contributed by atoms with Crippen molar-refractivity contribution in [1.29, 1.82) is 0 Å². The van der Waals surface area contributed by atoms with Crippen molar-refractivity contribution in [3.05, 3.63) is 105 Å². The van der Waals surface area contributed by atoms with Gasteiger partial charge in [-0.2, -0.15) is 0 Å². The molecule has 0 aliphatic heterocycles. The molecule has 0 aliphatic rings. The minimum absolute atomic E-state index is 0.293. The van der Waals surface area contributed by atoms with Crippen molar-refractivity contribution in [2.24, 2.45) is 0 Å². The van der Waals surface area contributed by atoms with Gasteiger partial charge in [-0.3, -0.25) is 14.2 Å². The van der Waals surface area contributed by atoms with Crippen LogP contribution in [0.3, 0.4) is 0 Å². The number of nitrogens with two attached hydrogens (primary N) is 1. The Morgan fingerprint density at radius 3 is 2.39 bits per heavy atom. The Morgan fingerprint density at radius 1 is 1.00 bits per heavy atom. The van der Waals surface area contributed by atoms with Crippen LogP contribution in [0.25, 0.3) is 10.9 Å². The fraction of sp³-hybridized carbons (Fsp3) is 0.125. The molecule has 4 N–H and O–H groups in total. The number of nitrogen functional groups attached to an aromatic ring is 1. The van der Waals surface area contributed by atoms with E-state index in [-0.39, 0.29) is 11.5 Å². The summed E-state index contributed by atoms with van der Waals surface area (Å²) in [7, 11) is 0. The van der Waals surface area contributed by atoms with Crippen molar-refractivity contribution in [2.75, 3.05) is 11.1 Å². The third kappa shape index (κ3) is 3.85. The monoisotopic (exact) mass is 414 g/mol. The first kappa shape index (κ1) is 20.2. The van der Waals surface area contributed by atoms with E-state index in [9.17, 15) is 14.4 Å². The maximum Gasteiger partial charge on any atom is 0.329 e. The van der Waals surface area contributed by atoms with E-state index in [2.05, 4.69) is 10.3 Å². The van der Waals surface area contributed by atoms with Gasteiger partial charge in [0.2, 0.25) is 0 Å². The topological polar surface area (TPSA) is 110 Å². The molecule has 1 aromatic heterocycles. The highest BCUT2D eigenvalue weighted by Gasteiger charge is 2.18. The van der Waals surface area contributed by atoms with Crippen molar-refractivity contribution in [3.63, 3.8) is 0 Å². The Labute approximate surface area is 178 Å². The van der Waals surface area contributed by atoms with Crippen LogP contribution in [0.1, 0.15) is 35.3 Å². The number of nitrogens with one attached hydrogen (secondary N) is 2. The summed E-state index contributed by atoms with van der Waals surface area (Å²) in [5.74, 6) is -0.293. The second kappa shape index (κ2) is 8.31. The largest absolute Gasteiger partial charge is 0.397 e. The summed E-state index contributed by atoms with van der Waals surface area (Å²) in [4.78, 5) is 41.0. The van der Waals surface area contributed by atoms with E-state index >= 15 is 0 Å². The molecule has 156 valence electrons. The van der Waals surface area contributed by atoms with E-state index in [0.29, 0.717) is 34.3 Å². The Balaban J connectivity index is 1.66. The van der Waals surface area contributed by atoms with Gasteiger partial charge in [0.15, 0.2) is 0 Å². The van der Waals surface area contributed by atoms with Gasteiger partial charge in [0.25, 0.3) is 11.5 Å². The molecule has 1 heterocycles. The molecular weight excluding hydrogens is 392 g/mol. The quantitative estimate of drug-likeness (QED) is 0.434. The molecule has 4 rings (SSSR count). The van der Waals surface area contributed by atoms with Gasteiger partial charge >= 0.3 is 5.69 Å². The van der Waals surface area contributed by atoms with E-state index in [0.717, 1.165) is 5.56 Å². The highest BCUT2D eigenvalue weighted by atomic mass is 16.2. The summed E-state index contributed by atoms with van der Waals surface area (Å²) in [6.07, 6.45) is 0.535. The van der Waals surface area contributed by atoms with Crippen LogP contribution in [-0.4, -0.2) is 15.5 Å². The molecule has 1 amide bonds. The van der Waals surface area contributed by atoms with Gasteiger partial charge in [-0.1, -0.05) is 43.3 Å². The van der Waals surface area contributed by atoms with Gasteiger partial charge in [0.05, 0.1) is 28.3 Å². The second-order valence-corrected chi connectivity index (χ2v) is 7.24. The van der Waals surface area contributed by atoms with E-state index in [1.807, 2.05) is 6.92 Å². The molecule has 1 unspecified atom stereocenters. The molecule has 0 saturated heterocycles. The number of carbonyl (C=O) groups excluding carboxylic acids is 1. The molecule has 0 saturated carbocycles. The SMILES string of the molecule is CCC(c1ccc(C(=O)Nc2ccccc2N)cc1)n1c(=O)[nH]c2ccccc2c1=O. The standard InChI is InChI=1S/C24H22N4O3/c1-2-21(28-23(30)17-7-3-5-9-19(17)27-24(28)31)15-11-13-16(14-12-15)22(29)26-20-10-6-4-8-18(20)25/h3-14,21H,2,25H2,1H3,(H,26,29)(H,27,31). The zero-order chi connectivity index (χ0) is 22.0. The van der Waals surface area contributed by atoms with Crippen LogP contribution in [0.5, 0.6) is 0 Å². The molecule has 0 aliphatic carbocycles. The first-order chi connectivity index (χ1) is 15.0. The number of hydrogen-bond donors (Lipinski definition) is 3. The number of carbonyl (C=O) groups is 1. The predicted molar refractivity (Wildman–Crippen MR) is 123 cm³/mol. The predicted octanol–water partition coefficient (Wildman–Crippen LogP) is 3.52. The van der Waals surface area contributed by atoms with Crippen LogP contribution < -0.4 is 22.3 Å². The van der Waals surface area contributed by atoms with Gasteiger partial charge < -0.3 is 16.0 Å². The minimum atomic E-state index is -0.461. The van der Waals surface area contributed by atoms with E-state index in [4.69, 9.17) is 5.73 Å². The average Bonchev–Trinajstić information content (AvgIpc) is 2.78. The molecule has 1 atom stereocenters. The fourth-order valence-electron chi connectivity index (χ4n) is 3.69. The molecule has 0 fully saturated rings. The molecule has 7 heteroatoms. The van der Waals surface area contributed by atoms with Crippen molar-refractivity contribution < 1.29 is 4.79 Å². The summed E-state index contributed by atoms with van der Waals surface area (Å²) >= 11 is 0. The average molecular weight is 414 g/mol. The van der Waals surface area contributed by atoms with Crippen LogP contribution >= 0.6 is 0 Å². The van der Waals surface area contributed by atoms with E-state index < -0.39 is 11.7 Å². The summed E-state index contributed by atoms with van der Waals surface area (Å²) < 4.78 is 1.24. The van der Waals surface area contributed by atoms with Gasteiger partial charge in [0, 0.05) is 5.56 Å². The highest BCUT2D eigenvalue weighted by Crippen LogP contribution is 2.22. The van der Waals surface area contributed by atoms with Gasteiger partial charge in [0.1, 0.15) is 0 Å². The third-order valence-corrected chi connectivity index (χ3v) is 5.30. The highest BCUT2D eigenvalue weighted by molar-refractivity contribution is 6.05. The lowest BCUT2D eigenvalue weighted by atomic mass is 10.0. The lowest BCUT2D eigenvalue weighted by Crippen LogP contribution is -2.38. The maximum absolute atomic E-state index is 13.0. The summed E-state index contributed by atoms with van der Waals surface area (Å²) in [5, 5.41) is 3.24. The smallest absolute Gasteiger partial charge is 0.329 e. The van der Waals surface area contributed by atoms with E-state index in [1.165, 1.54) is 4.57 Å². The Bertz CT molecular complexity index is 1370. The van der Waals surface area contributed by atoms with Crippen molar-refractivity contribution in [1.82, 2.24) is 9.55 Å². The lowest BCUT2D eigenvalue weighted by Gasteiger charge is -2.18. The van der Waals surface area contributed by atoms with Crippen LogP contribution in [0.2, 0.25) is 0 Å². The van der Waals surface area contributed by atoms with Crippen molar-refractivity contribution in [3.8, 4) is 0 Å². The van der Waals surface area contributed by atoms with Gasteiger partial charge in [-0.15, -0.1) is 0 Å². The Hall–Kier alpha value is -4.13. The second-order valence-electron chi connectivity index (χ2n) is 7.24. The first-order valence-electron chi connectivity index (χ1n) is 9.99. The molecule has 0 bridgehead atoms. The Kier molecular flexibility index (Phi) is 5.41. The molecule has 7 nitrogen and oxygen atoms in total. The van der Waals surface area contributed by atoms with E-state index in [1.54, 1.807) is 72.8 Å². The number of rotatable bonds is 5. The zero-order valence-electron chi connectivity index (χ0n) is 17.0. The number of benzene rings is 3. The fourth-order valence-corrected chi connectivity index (χ4v) is 3.69. The summed E-state index contributed by atoms with van der Waals surface area (Å²) in [6.45, 7) is 1.91. The zero-order valence-corrected chi connectivity index (χ0v) is 17.0. The number of fused-ring (bicyclic) bond motifs is 1. The number of aromatic amines is 1. The van der Waals surface area contributed by atoms with Gasteiger partial charge in [-0.25, -0.2) is 4.79 Å². The normalized spacial score (nSPS) is 11.9. The number of amides is 1. The minimum Gasteiger partial charge on any atom is -0.397 e. The summed E-state index contributed by atoms with van der Waals surface area (Å²) in [5.41, 5.74) is 7.82. The number of hydrogen-bond acceptors (Lipinski definition) is 4. The van der Waals surface area contributed by atoms with Crippen LogP contribution in [0.4, 0.5) is 11.4 Å². The molecule has 3 aromatic carbocycles. The number of anilines is 2. The number of nitrogens with zero attached hydrogens (tertiary/aromatic N) is 1. The summed E-state index contributed by atoms with van der Waals surface area (Å²) in [6, 6.07) is 20.4. The molecule has 0 spiro atoms.